The predicted molar refractivity (Wildman–Crippen MR) is 118 cm³/mol. The van der Waals surface area contributed by atoms with E-state index in [9.17, 15) is 4.79 Å². The Kier molecular flexibility index (Phi) is 8.26. The molecule has 0 radical (unpaired) electrons. The Morgan fingerprint density at radius 3 is 2.55 bits per heavy atom. The van der Waals surface area contributed by atoms with E-state index in [1.807, 2.05) is 0 Å². The molecule has 0 heterocycles. The average molecular weight is 395 g/mol. The van der Waals surface area contributed by atoms with Gasteiger partial charge in [0.2, 0.25) is 5.91 Å². The van der Waals surface area contributed by atoms with E-state index in [0.29, 0.717) is 26.2 Å². The molecule has 4 heteroatoms. The van der Waals surface area contributed by atoms with Crippen LogP contribution in [0, 0.1) is 12.8 Å². The number of nitrogens with one attached hydrogen (secondary N) is 1. The highest BCUT2D eigenvalue weighted by molar-refractivity contribution is 5.75. The molecule has 0 aliphatic heterocycles. The molecule has 1 aliphatic rings. The lowest BCUT2D eigenvalue weighted by atomic mass is 10.00. The van der Waals surface area contributed by atoms with Crippen LogP contribution in [-0.2, 0) is 22.6 Å². The zero-order valence-corrected chi connectivity index (χ0v) is 17.8. The van der Waals surface area contributed by atoms with Crippen molar-refractivity contribution in [3.63, 3.8) is 0 Å². The maximum atomic E-state index is 11.9. The normalized spacial score (nSPS) is 13.6. The van der Waals surface area contributed by atoms with Crippen molar-refractivity contribution in [2.75, 3.05) is 33.3 Å². The maximum absolute atomic E-state index is 11.9. The fourth-order valence-electron chi connectivity index (χ4n) is 3.44. The first-order valence-electron chi connectivity index (χ1n) is 10.8. The number of amides is 1. The second kappa shape index (κ2) is 11.1. The summed E-state index contributed by atoms with van der Waals surface area (Å²) in [5, 5.41) is 2.98. The average Bonchev–Trinajstić information content (AvgIpc) is 3.52. The summed E-state index contributed by atoms with van der Waals surface area (Å²) in [4.78, 5) is 14.2. The van der Waals surface area contributed by atoms with Crippen molar-refractivity contribution in [3.05, 3.63) is 70.8 Å². The van der Waals surface area contributed by atoms with Crippen LogP contribution < -0.4 is 5.32 Å². The number of carbonyl (C=O) groups excluding carboxylic acids is 1. The van der Waals surface area contributed by atoms with Crippen molar-refractivity contribution < 1.29 is 9.53 Å². The molecule has 1 aliphatic carbocycles. The highest BCUT2D eigenvalue weighted by Crippen LogP contribution is 2.29. The van der Waals surface area contributed by atoms with Gasteiger partial charge in [0.05, 0.1) is 13.2 Å². The highest BCUT2D eigenvalue weighted by atomic mass is 16.5. The predicted octanol–water partition coefficient (Wildman–Crippen LogP) is 3.95. The summed E-state index contributed by atoms with van der Waals surface area (Å²) < 4.78 is 5.68. The van der Waals surface area contributed by atoms with Crippen molar-refractivity contribution in [2.24, 2.45) is 5.92 Å². The first kappa shape index (κ1) is 21.5. The molecule has 3 rings (SSSR count). The molecule has 0 saturated heterocycles. The molecule has 1 fully saturated rings. The summed E-state index contributed by atoms with van der Waals surface area (Å²) in [6.45, 7) is 5.93. The Bertz CT molecular complexity index is 769. The van der Waals surface area contributed by atoms with E-state index < -0.39 is 0 Å². The summed E-state index contributed by atoms with van der Waals surface area (Å²) in [6, 6.07) is 17.1. The minimum atomic E-state index is 0.0680. The van der Waals surface area contributed by atoms with Crippen molar-refractivity contribution in [2.45, 2.75) is 39.2 Å². The lowest BCUT2D eigenvalue weighted by molar-refractivity contribution is -0.122. The molecule has 0 atom stereocenters. The van der Waals surface area contributed by atoms with Gasteiger partial charge in [0.25, 0.3) is 0 Å². The topological polar surface area (TPSA) is 41.6 Å². The lowest BCUT2D eigenvalue weighted by Crippen LogP contribution is -2.34. The number of hydrogen-bond donors (Lipinski definition) is 1. The molecular formula is C25H34N2O2. The summed E-state index contributed by atoms with van der Waals surface area (Å²) in [5.74, 6) is 0.957. The van der Waals surface area contributed by atoms with Gasteiger partial charge in [-0.3, -0.25) is 4.79 Å². The van der Waals surface area contributed by atoms with E-state index >= 15 is 0 Å². The van der Waals surface area contributed by atoms with Gasteiger partial charge in [0.15, 0.2) is 0 Å². The number of carbonyl (C=O) groups is 1. The van der Waals surface area contributed by atoms with Crippen LogP contribution in [0.25, 0.3) is 0 Å². The quantitative estimate of drug-likeness (QED) is 0.554. The smallest absolute Gasteiger partial charge is 0.222 e. The van der Waals surface area contributed by atoms with Gasteiger partial charge >= 0.3 is 0 Å². The van der Waals surface area contributed by atoms with E-state index in [4.69, 9.17) is 4.74 Å². The summed E-state index contributed by atoms with van der Waals surface area (Å²) in [6.07, 6.45) is 4.09. The molecule has 2 aromatic rings. The van der Waals surface area contributed by atoms with Gasteiger partial charge in [0.1, 0.15) is 0 Å². The van der Waals surface area contributed by atoms with Gasteiger partial charge in [-0.25, -0.2) is 0 Å². The molecule has 4 nitrogen and oxygen atoms in total. The number of rotatable bonds is 12. The third kappa shape index (κ3) is 8.00. The van der Waals surface area contributed by atoms with E-state index in [-0.39, 0.29) is 5.91 Å². The largest absolute Gasteiger partial charge is 0.376 e. The van der Waals surface area contributed by atoms with Crippen molar-refractivity contribution in [1.82, 2.24) is 10.2 Å². The van der Waals surface area contributed by atoms with E-state index in [1.54, 1.807) is 0 Å². The number of ether oxygens (including phenoxy) is 1. The Hall–Kier alpha value is -2.17. The molecule has 29 heavy (non-hydrogen) atoms. The summed E-state index contributed by atoms with van der Waals surface area (Å²) in [7, 11) is 2.12. The Labute approximate surface area is 175 Å². The van der Waals surface area contributed by atoms with E-state index in [2.05, 4.69) is 72.7 Å². The third-order valence-corrected chi connectivity index (χ3v) is 5.50. The number of benzene rings is 2. The molecule has 0 spiro atoms. The highest BCUT2D eigenvalue weighted by Gasteiger charge is 2.22. The van der Waals surface area contributed by atoms with Gasteiger partial charge in [-0.15, -0.1) is 0 Å². The number of hydrogen-bond acceptors (Lipinski definition) is 3. The lowest BCUT2D eigenvalue weighted by Gasteiger charge is -2.16. The van der Waals surface area contributed by atoms with Crippen LogP contribution in [0.15, 0.2) is 48.5 Å². The molecule has 1 amide bonds. The van der Waals surface area contributed by atoms with Crippen molar-refractivity contribution >= 4 is 5.91 Å². The maximum Gasteiger partial charge on any atom is 0.222 e. The zero-order chi connectivity index (χ0) is 20.5. The first-order chi connectivity index (χ1) is 14.1. The van der Waals surface area contributed by atoms with Crippen LogP contribution >= 0.6 is 0 Å². The Balaban J connectivity index is 1.28. The molecule has 0 unspecified atom stereocenters. The standard InChI is InChI=1S/C25H34N2O2/c1-20-5-3-4-6-24(20)17-21-7-11-23(12-8-21)19-29-16-13-25(28)26-14-15-27(2)18-22-9-10-22/h3-8,11-12,22H,9-10,13-19H2,1-2H3,(H,26,28). The first-order valence-corrected chi connectivity index (χ1v) is 10.8. The molecule has 1 N–H and O–H groups in total. The molecule has 156 valence electrons. The Morgan fingerprint density at radius 1 is 1.10 bits per heavy atom. The van der Waals surface area contributed by atoms with Gasteiger partial charge in [-0.05, 0) is 61.4 Å². The van der Waals surface area contributed by atoms with Gasteiger partial charge in [0, 0.05) is 26.1 Å². The summed E-state index contributed by atoms with van der Waals surface area (Å²) >= 11 is 0. The van der Waals surface area contributed by atoms with Crippen molar-refractivity contribution in [3.8, 4) is 0 Å². The van der Waals surface area contributed by atoms with Crippen LogP contribution in [0.1, 0.15) is 41.5 Å². The molecule has 1 saturated carbocycles. The van der Waals surface area contributed by atoms with Gasteiger partial charge in [-0.2, -0.15) is 0 Å². The van der Waals surface area contributed by atoms with Crippen LogP contribution in [0.5, 0.6) is 0 Å². The molecule has 0 aromatic heterocycles. The third-order valence-electron chi connectivity index (χ3n) is 5.50. The zero-order valence-electron chi connectivity index (χ0n) is 17.8. The SMILES string of the molecule is Cc1ccccc1Cc1ccc(COCCC(=O)NCCN(C)CC2CC2)cc1. The van der Waals surface area contributed by atoms with Crippen LogP contribution in [0.4, 0.5) is 0 Å². The molecule has 2 aromatic carbocycles. The number of nitrogens with zero attached hydrogens (tertiary/aromatic N) is 1. The number of aryl methyl sites for hydroxylation is 1. The second-order valence-electron chi connectivity index (χ2n) is 8.28. The minimum absolute atomic E-state index is 0.0680. The number of likely N-dealkylation sites (N-methyl/N-ethyl adjacent to an activating group) is 1. The fraction of sp³-hybridized carbons (Fsp3) is 0.480. The Morgan fingerprint density at radius 2 is 1.83 bits per heavy atom. The molecule has 0 bridgehead atoms. The second-order valence-corrected chi connectivity index (χ2v) is 8.28. The van der Waals surface area contributed by atoms with E-state index in [1.165, 1.54) is 29.5 Å². The fourth-order valence-corrected chi connectivity index (χ4v) is 3.44. The van der Waals surface area contributed by atoms with Crippen LogP contribution in [0.2, 0.25) is 0 Å². The van der Waals surface area contributed by atoms with Gasteiger partial charge < -0.3 is 15.0 Å². The van der Waals surface area contributed by atoms with E-state index in [0.717, 1.165) is 31.0 Å². The molecular weight excluding hydrogens is 360 g/mol. The van der Waals surface area contributed by atoms with Crippen LogP contribution in [-0.4, -0.2) is 44.1 Å². The van der Waals surface area contributed by atoms with Crippen molar-refractivity contribution in [1.29, 1.82) is 0 Å². The summed E-state index contributed by atoms with van der Waals surface area (Å²) in [5.41, 5.74) is 5.13. The van der Waals surface area contributed by atoms with Gasteiger partial charge in [-0.1, -0.05) is 48.5 Å². The van der Waals surface area contributed by atoms with Crippen LogP contribution in [0.3, 0.4) is 0 Å². The minimum Gasteiger partial charge on any atom is -0.376 e. The monoisotopic (exact) mass is 394 g/mol.